The van der Waals surface area contributed by atoms with Crippen LogP contribution < -0.4 is 15.4 Å². The largest absolute Gasteiger partial charge is 0.618 e. The molecule has 0 spiro atoms. The van der Waals surface area contributed by atoms with Gasteiger partial charge in [-0.1, -0.05) is 6.42 Å². The van der Waals surface area contributed by atoms with Crippen molar-refractivity contribution < 1.29 is 14.3 Å². The van der Waals surface area contributed by atoms with Crippen LogP contribution in [-0.4, -0.2) is 23.7 Å². The first-order valence-corrected chi connectivity index (χ1v) is 9.43. The molecule has 1 aromatic heterocycles. The zero-order valence-corrected chi connectivity index (χ0v) is 14.6. The van der Waals surface area contributed by atoms with E-state index in [9.17, 15) is 14.8 Å². The number of fused-ring (bicyclic) bond motifs is 2. The predicted octanol–water partition coefficient (Wildman–Crippen LogP) is 2.06. The van der Waals surface area contributed by atoms with E-state index in [0.717, 1.165) is 23.6 Å². The minimum atomic E-state index is -0.445. The Morgan fingerprint density at radius 3 is 2.88 bits per heavy atom. The third-order valence-corrected chi connectivity index (χ3v) is 6.20. The van der Waals surface area contributed by atoms with Gasteiger partial charge in [0.2, 0.25) is 5.91 Å². The second-order valence-electron chi connectivity index (χ2n) is 6.80. The number of imide groups is 1. The second kappa shape index (κ2) is 7.42. The van der Waals surface area contributed by atoms with E-state index < -0.39 is 11.9 Å². The highest BCUT2D eigenvalue weighted by Crippen LogP contribution is 2.49. The summed E-state index contributed by atoms with van der Waals surface area (Å²) >= 11 is 1.11. The fourth-order valence-corrected chi connectivity index (χ4v) is 4.80. The molecule has 0 unspecified atom stereocenters. The summed E-state index contributed by atoms with van der Waals surface area (Å²) in [5.41, 5.74) is 0. The van der Waals surface area contributed by atoms with Crippen LogP contribution in [0.2, 0.25) is 0 Å². The van der Waals surface area contributed by atoms with Crippen molar-refractivity contribution in [1.29, 1.82) is 0 Å². The van der Waals surface area contributed by atoms with Gasteiger partial charge in [-0.3, -0.25) is 10.1 Å². The summed E-state index contributed by atoms with van der Waals surface area (Å²) in [4.78, 5) is 23.9. The van der Waals surface area contributed by atoms with Crippen molar-refractivity contribution >= 4 is 23.7 Å². The van der Waals surface area contributed by atoms with E-state index in [-0.39, 0.29) is 11.8 Å². The first-order chi connectivity index (χ1) is 11.5. The van der Waals surface area contributed by atoms with Crippen LogP contribution in [-0.2, 0) is 4.79 Å². The summed E-state index contributed by atoms with van der Waals surface area (Å²) < 4.78 is 0.704. The molecular weight excluding hydrogens is 326 g/mol. The quantitative estimate of drug-likeness (QED) is 0.484. The number of nitrogens with one attached hydrogen (secondary N) is 2. The van der Waals surface area contributed by atoms with Crippen LogP contribution in [0.1, 0.15) is 32.6 Å². The van der Waals surface area contributed by atoms with Crippen molar-refractivity contribution in [2.75, 3.05) is 5.75 Å². The van der Waals surface area contributed by atoms with Crippen molar-refractivity contribution in [3.8, 4) is 0 Å². The lowest BCUT2D eigenvalue weighted by Crippen LogP contribution is -2.47. The predicted molar refractivity (Wildman–Crippen MR) is 91.2 cm³/mol. The van der Waals surface area contributed by atoms with E-state index in [0.29, 0.717) is 15.7 Å². The van der Waals surface area contributed by atoms with Crippen molar-refractivity contribution in [3.05, 3.63) is 29.6 Å². The number of rotatable bonds is 5. The van der Waals surface area contributed by atoms with Gasteiger partial charge in [-0.05, 0) is 61.8 Å². The maximum absolute atomic E-state index is 12.0. The Morgan fingerprint density at radius 2 is 2.21 bits per heavy atom. The van der Waals surface area contributed by atoms with E-state index in [1.807, 2.05) is 6.92 Å². The highest BCUT2D eigenvalue weighted by Gasteiger charge is 2.42. The number of hydrogen-bond donors (Lipinski definition) is 2. The molecule has 2 aliphatic carbocycles. The van der Waals surface area contributed by atoms with E-state index in [1.165, 1.54) is 31.9 Å². The van der Waals surface area contributed by atoms with Crippen LogP contribution in [0.5, 0.6) is 0 Å². The smallest absolute Gasteiger partial charge is 0.321 e. The molecule has 0 aliphatic heterocycles. The summed E-state index contributed by atoms with van der Waals surface area (Å²) in [5.74, 6) is 1.71. The van der Waals surface area contributed by atoms with Gasteiger partial charge in [-0.25, -0.2) is 4.79 Å². The molecule has 4 atom stereocenters. The molecule has 3 rings (SSSR count). The molecule has 24 heavy (non-hydrogen) atoms. The molecule has 6 nitrogen and oxygen atoms in total. The first-order valence-electron chi connectivity index (χ1n) is 8.44. The van der Waals surface area contributed by atoms with Gasteiger partial charge in [0.1, 0.15) is 0 Å². The Balaban J connectivity index is 1.41. The normalized spacial score (nSPS) is 26.1. The highest BCUT2D eigenvalue weighted by molar-refractivity contribution is 7.99. The molecule has 3 amide bonds. The van der Waals surface area contributed by atoms with Crippen molar-refractivity contribution in [3.63, 3.8) is 0 Å². The lowest BCUT2D eigenvalue weighted by atomic mass is 9.84. The van der Waals surface area contributed by atoms with Gasteiger partial charge in [-0.2, -0.15) is 4.73 Å². The third-order valence-electron chi connectivity index (χ3n) is 5.19. The van der Waals surface area contributed by atoms with Crippen LogP contribution in [0.3, 0.4) is 0 Å². The topological polar surface area (TPSA) is 85.1 Å². The molecular formula is C17H23N3O3S. The Morgan fingerprint density at radius 1 is 1.38 bits per heavy atom. The summed E-state index contributed by atoms with van der Waals surface area (Å²) in [6, 6.07) is 4.64. The zero-order chi connectivity index (χ0) is 17.1. The molecule has 2 bridgehead atoms. The van der Waals surface area contributed by atoms with Crippen molar-refractivity contribution in [2.45, 2.75) is 43.7 Å². The number of amides is 3. The number of carbonyl (C=O) groups is 2. The molecule has 7 heteroatoms. The fourth-order valence-electron chi connectivity index (χ4n) is 4.08. The van der Waals surface area contributed by atoms with E-state index >= 15 is 0 Å². The Hall–Kier alpha value is -1.76. The average Bonchev–Trinajstić information content (AvgIpc) is 3.17. The van der Waals surface area contributed by atoms with Gasteiger partial charge < -0.3 is 10.5 Å². The van der Waals surface area contributed by atoms with Crippen LogP contribution >= 0.6 is 11.8 Å². The lowest BCUT2D eigenvalue weighted by molar-refractivity contribution is -0.645. The summed E-state index contributed by atoms with van der Waals surface area (Å²) in [6.07, 6.45) is 6.46. The number of thioether (sulfide) groups is 1. The monoisotopic (exact) mass is 349 g/mol. The van der Waals surface area contributed by atoms with Crippen LogP contribution in [0.15, 0.2) is 29.4 Å². The molecule has 2 N–H and O–H groups in total. The maximum atomic E-state index is 12.0. The molecule has 2 saturated carbocycles. The second-order valence-corrected chi connectivity index (χ2v) is 7.80. The lowest BCUT2D eigenvalue weighted by Gasteiger charge is -2.28. The van der Waals surface area contributed by atoms with Crippen LogP contribution in [0.25, 0.3) is 0 Å². The van der Waals surface area contributed by atoms with Gasteiger partial charge in [0.05, 0.1) is 5.75 Å². The highest BCUT2D eigenvalue weighted by atomic mass is 32.2. The number of carbonyl (C=O) groups excluding carboxylic acids is 2. The Kier molecular flexibility index (Phi) is 5.28. The number of aromatic nitrogens is 1. The molecule has 0 saturated heterocycles. The van der Waals surface area contributed by atoms with Gasteiger partial charge >= 0.3 is 6.03 Å². The number of urea groups is 1. The Labute approximate surface area is 146 Å². The molecule has 2 fully saturated rings. The van der Waals surface area contributed by atoms with E-state index in [2.05, 4.69) is 10.6 Å². The minimum Gasteiger partial charge on any atom is -0.618 e. The average molecular weight is 349 g/mol. The number of nitrogens with zero attached hydrogens (tertiary/aromatic N) is 1. The molecule has 0 radical (unpaired) electrons. The Bertz CT molecular complexity index is 625. The summed E-state index contributed by atoms with van der Waals surface area (Å²) in [7, 11) is 0. The molecule has 130 valence electrons. The maximum Gasteiger partial charge on any atom is 0.321 e. The van der Waals surface area contributed by atoms with Crippen molar-refractivity contribution in [2.24, 2.45) is 17.8 Å². The summed E-state index contributed by atoms with van der Waals surface area (Å²) in [5, 5.41) is 17.2. The van der Waals surface area contributed by atoms with Gasteiger partial charge in [0.15, 0.2) is 6.20 Å². The minimum absolute atomic E-state index is 0.0299. The van der Waals surface area contributed by atoms with Gasteiger partial charge in [0.25, 0.3) is 5.03 Å². The van der Waals surface area contributed by atoms with Gasteiger partial charge in [0, 0.05) is 18.2 Å². The zero-order valence-electron chi connectivity index (χ0n) is 13.7. The molecule has 2 aliphatic rings. The number of pyridine rings is 1. The van der Waals surface area contributed by atoms with Crippen LogP contribution in [0.4, 0.5) is 4.79 Å². The third kappa shape index (κ3) is 4.01. The SMILES string of the molecule is C[C@@H](NC(=O)NC(=O)CSc1cccc[n+]1[O-])[C@@H]1C[C@@H]2CC[C@@H]1C2. The summed E-state index contributed by atoms with van der Waals surface area (Å²) in [6.45, 7) is 2.02. The van der Waals surface area contributed by atoms with E-state index in [1.54, 1.807) is 18.2 Å². The van der Waals surface area contributed by atoms with E-state index in [4.69, 9.17) is 0 Å². The van der Waals surface area contributed by atoms with Gasteiger partial charge in [-0.15, -0.1) is 0 Å². The van der Waals surface area contributed by atoms with Crippen molar-refractivity contribution in [1.82, 2.24) is 10.6 Å². The number of hydrogen-bond acceptors (Lipinski definition) is 4. The molecule has 1 heterocycles. The first kappa shape index (κ1) is 17.1. The van der Waals surface area contributed by atoms with Crippen LogP contribution in [0, 0.1) is 23.0 Å². The fraction of sp³-hybridized carbons (Fsp3) is 0.588. The standard InChI is InChI=1S/C17H23N3O3S/c1-11(14-9-12-5-6-13(14)8-12)18-17(22)19-15(21)10-24-16-4-2-3-7-20(16)23/h2-4,7,11-14H,5-6,8-10H2,1H3,(H2,18,19,21,22)/t11-,12-,13-,14+/m1/s1. The molecule has 0 aromatic carbocycles. The molecule has 1 aromatic rings.